The molecule has 0 N–H and O–H groups in total. The molecule has 0 aliphatic carbocycles. The van der Waals surface area contributed by atoms with Crippen molar-refractivity contribution in [3.63, 3.8) is 0 Å². The second-order valence-electron chi connectivity index (χ2n) is 1.98. The van der Waals surface area contributed by atoms with Crippen molar-refractivity contribution in [2.75, 3.05) is 6.23 Å². The van der Waals surface area contributed by atoms with E-state index in [0.717, 1.165) is 15.7 Å². The highest BCUT2D eigenvalue weighted by atomic mass is 28.3. The van der Waals surface area contributed by atoms with Gasteiger partial charge in [-0.2, -0.15) is 0 Å². The fourth-order valence-electron chi connectivity index (χ4n) is 0.548. The molecule has 1 nitrogen and oxygen atoms in total. The third-order valence-corrected chi connectivity index (χ3v) is 6.13. The Morgan fingerprint density at radius 3 is 2.56 bits per heavy atom. The molecule has 0 aliphatic heterocycles. The summed E-state index contributed by atoms with van der Waals surface area (Å²) in [5, 5.41) is 0. The van der Waals surface area contributed by atoms with E-state index in [0.29, 0.717) is 9.76 Å². The molecule has 0 rings (SSSR count). The normalized spacial score (nSPS) is 10.7. The molecule has 0 fully saturated rings. The molecule has 5 radical (unpaired) electrons. The smallest absolute Gasteiger partial charge is 0.225 e. The summed E-state index contributed by atoms with van der Waals surface area (Å²) in [4.78, 5) is 0. The van der Waals surface area contributed by atoms with Crippen LogP contribution in [0.25, 0.3) is 0 Å². The summed E-state index contributed by atoms with van der Waals surface area (Å²) in [6, 6.07) is 0. The van der Waals surface area contributed by atoms with Gasteiger partial charge in [0, 0.05) is 15.7 Å². The third-order valence-electron chi connectivity index (χ3n) is 0.941. The number of rotatable bonds is 5. The molecular formula is C5H13OSi3. The van der Waals surface area contributed by atoms with Crippen molar-refractivity contribution in [2.45, 2.75) is 25.3 Å². The maximum absolute atomic E-state index is 5.33. The molecule has 0 saturated carbocycles. The van der Waals surface area contributed by atoms with Gasteiger partial charge in [-0.25, -0.2) is 0 Å². The molecule has 9 heavy (non-hydrogen) atoms. The van der Waals surface area contributed by atoms with E-state index in [2.05, 4.69) is 19.6 Å². The Bertz CT molecular complexity index is 60.2. The van der Waals surface area contributed by atoms with Gasteiger partial charge >= 0.3 is 0 Å². The van der Waals surface area contributed by atoms with E-state index in [1.165, 1.54) is 5.67 Å². The Labute approximate surface area is 64.6 Å². The van der Waals surface area contributed by atoms with E-state index < -0.39 is 0 Å². The van der Waals surface area contributed by atoms with Crippen molar-refractivity contribution in [3.05, 3.63) is 0 Å². The second kappa shape index (κ2) is 6.73. The van der Waals surface area contributed by atoms with Gasteiger partial charge in [-0.3, -0.25) is 0 Å². The molecule has 0 aromatic heterocycles. The van der Waals surface area contributed by atoms with Crippen LogP contribution in [0.15, 0.2) is 0 Å². The van der Waals surface area contributed by atoms with Crippen LogP contribution >= 0.6 is 0 Å². The minimum absolute atomic E-state index is 0.106. The number of hydrogen-bond donors (Lipinski definition) is 0. The van der Waals surface area contributed by atoms with Crippen LogP contribution in [0.2, 0.25) is 25.3 Å². The largest absolute Gasteiger partial charge is 0.421 e. The Balaban J connectivity index is 2.95. The van der Waals surface area contributed by atoms with Gasteiger partial charge in [0.2, 0.25) is 9.76 Å². The third kappa shape index (κ3) is 6.50. The van der Waals surface area contributed by atoms with Crippen molar-refractivity contribution in [2.24, 2.45) is 0 Å². The molecule has 0 spiro atoms. The van der Waals surface area contributed by atoms with Crippen molar-refractivity contribution in [1.29, 1.82) is 0 Å². The zero-order valence-electron chi connectivity index (χ0n) is 6.32. The van der Waals surface area contributed by atoms with E-state index >= 15 is 0 Å². The highest BCUT2D eigenvalue weighted by molar-refractivity contribution is 6.68. The molecule has 0 bridgehead atoms. The van der Waals surface area contributed by atoms with Crippen molar-refractivity contribution >= 4 is 28.1 Å². The maximum Gasteiger partial charge on any atom is 0.225 e. The van der Waals surface area contributed by atoms with Crippen LogP contribution in [0.5, 0.6) is 0 Å². The van der Waals surface area contributed by atoms with Gasteiger partial charge in [-0.15, -0.1) is 0 Å². The van der Waals surface area contributed by atoms with Crippen LogP contribution in [0.3, 0.4) is 0 Å². The van der Waals surface area contributed by atoms with Crippen LogP contribution in [0.4, 0.5) is 0 Å². The Kier molecular flexibility index (Phi) is 7.18. The van der Waals surface area contributed by atoms with Gasteiger partial charge in [0.1, 0.15) is 0 Å². The van der Waals surface area contributed by atoms with Gasteiger partial charge in [0.05, 0.1) is 8.80 Å². The minimum atomic E-state index is -0.106. The zero-order chi connectivity index (χ0) is 7.11. The lowest BCUT2D eigenvalue weighted by atomic mass is 11.7. The first kappa shape index (κ1) is 9.61. The monoisotopic (exact) mass is 173 g/mol. The fourth-order valence-corrected chi connectivity index (χ4v) is 4.93. The summed E-state index contributed by atoms with van der Waals surface area (Å²) >= 11 is 0. The fraction of sp³-hybridized carbons (Fsp3) is 1.00. The van der Waals surface area contributed by atoms with E-state index in [4.69, 9.17) is 4.43 Å². The molecule has 0 unspecified atom stereocenters. The van der Waals surface area contributed by atoms with Crippen molar-refractivity contribution in [3.8, 4) is 0 Å². The van der Waals surface area contributed by atoms with E-state index in [1.807, 2.05) is 0 Å². The summed E-state index contributed by atoms with van der Waals surface area (Å²) in [6.45, 7) is 6.70. The van der Waals surface area contributed by atoms with Crippen LogP contribution in [0.1, 0.15) is 0 Å². The van der Waals surface area contributed by atoms with Crippen LogP contribution in [0, 0.1) is 0 Å². The van der Waals surface area contributed by atoms with E-state index in [9.17, 15) is 0 Å². The predicted molar refractivity (Wildman–Crippen MR) is 45.6 cm³/mol. The second-order valence-corrected chi connectivity index (χ2v) is 7.00. The minimum Gasteiger partial charge on any atom is -0.421 e. The predicted octanol–water partition coefficient (Wildman–Crippen LogP) is 1.04. The summed E-state index contributed by atoms with van der Waals surface area (Å²) in [7, 11) is 1.70. The molecular weight excluding hydrogens is 160 g/mol. The van der Waals surface area contributed by atoms with Crippen molar-refractivity contribution in [1.82, 2.24) is 0 Å². The summed E-state index contributed by atoms with van der Waals surface area (Å²) in [6.07, 6.45) is 1.06. The molecule has 0 heterocycles. The zero-order valence-corrected chi connectivity index (χ0v) is 9.32. The van der Waals surface area contributed by atoms with Crippen LogP contribution in [-0.4, -0.2) is 34.3 Å². The summed E-state index contributed by atoms with van der Waals surface area (Å²) in [5.74, 6) is 0. The average Bonchev–Trinajstić information content (AvgIpc) is 1.85. The van der Waals surface area contributed by atoms with Crippen LogP contribution in [-0.2, 0) is 4.43 Å². The Morgan fingerprint density at radius 2 is 2.11 bits per heavy atom. The first-order valence-corrected chi connectivity index (χ1v) is 8.58. The molecule has 0 aliphatic rings. The Hall–Kier alpha value is 0.611. The van der Waals surface area contributed by atoms with Crippen molar-refractivity contribution < 1.29 is 4.43 Å². The molecule has 0 atom stereocenters. The highest BCUT2D eigenvalue weighted by Gasteiger charge is 2.01. The average molecular weight is 173 g/mol. The molecule has 0 aromatic rings. The molecule has 4 heteroatoms. The molecule has 0 amide bonds. The lowest BCUT2D eigenvalue weighted by molar-refractivity contribution is 0.409. The topological polar surface area (TPSA) is 9.23 Å². The molecule has 0 saturated heterocycles. The molecule has 0 aromatic carbocycles. The lowest BCUT2D eigenvalue weighted by Gasteiger charge is -2.05. The molecule has 51 valence electrons. The van der Waals surface area contributed by atoms with Gasteiger partial charge in [-0.05, 0) is 6.55 Å². The van der Waals surface area contributed by atoms with Gasteiger partial charge in [-0.1, -0.05) is 18.8 Å². The standard InChI is InChI=1S/C5H13OSi3/c1-7-5-9(3)4-6-8-2/h4-5H2,1-3H3. The SMILES string of the molecule is C[Si]C[Si](C)CO[Si]C. The number of hydrogen-bond acceptors (Lipinski definition) is 1. The first-order chi connectivity index (χ1) is 4.31. The van der Waals surface area contributed by atoms with Crippen LogP contribution < -0.4 is 0 Å². The first-order valence-electron chi connectivity index (χ1n) is 3.05. The summed E-state index contributed by atoms with van der Waals surface area (Å²) < 4.78 is 5.33. The van der Waals surface area contributed by atoms with Gasteiger partial charge in [0.25, 0.3) is 0 Å². The highest BCUT2D eigenvalue weighted by Crippen LogP contribution is 1.89. The summed E-state index contributed by atoms with van der Waals surface area (Å²) in [5.41, 5.74) is 1.43. The maximum atomic E-state index is 5.33. The Morgan fingerprint density at radius 1 is 1.44 bits per heavy atom. The van der Waals surface area contributed by atoms with Gasteiger partial charge < -0.3 is 4.43 Å². The van der Waals surface area contributed by atoms with E-state index in [1.54, 1.807) is 0 Å². The quantitative estimate of drug-likeness (QED) is 0.565. The van der Waals surface area contributed by atoms with Gasteiger partial charge in [0.15, 0.2) is 0 Å². The van der Waals surface area contributed by atoms with E-state index in [-0.39, 0.29) is 8.80 Å². The lowest BCUT2D eigenvalue weighted by Crippen LogP contribution is -2.18.